The summed E-state index contributed by atoms with van der Waals surface area (Å²) in [6.07, 6.45) is -1.53. The Morgan fingerprint density at radius 1 is 1.50 bits per heavy atom. The zero-order valence-electron chi connectivity index (χ0n) is 9.25. The van der Waals surface area contributed by atoms with Crippen LogP contribution in [0.3, 0.4) is 0 Å². The number of halogens is 1. The molecule has 1 aliphatic heterocycles. The molecule has 5 nitrogen and oxygen atoms in total. The first-order valence-corrected chi connectivity index (χ1v) is 7.99. The number of hydrogen-bond acceptors (Lipinski definition) is 5. The van der Waals surface area contributed by atoms with Crippen LogP contribution >= 0.6 is 18.8 Å². The van der Waals surface area contributed by atoms with Gasteiger partial charge in [0, 0.05) is 13.1 Å². The zero-order valence-corrected chi connectivity index (χ0v) is 11.8. The van der Waals surface area contributed by atoms with Crippen LogP contribution in [-0.2, 0) is 20.9 Å². The van der Waals surface area contributed by atoms with Gasteiger partial charge >= 0.3 is 6.16 Å². The van der Waals surface area contributed by atoms with Crippen molar-refractivity contribution in [2.24, 2.45) is 0 Å². The maximum atomic E-state index is 12.5. The van der Waals surface area contributed by atoms with Crippen molar-refractivity contribution in [1.29, 1.82) is 0 Å². The summed E-state index contributed by atoms with van der Waals surface area (Å²) in [6.45, 7) is 2.07. The van der Waals surface area contributed by atoms with Gasteiger partial charge in [-0.15, -0.1) is 4.39 Å². The Hall–Kier alpha value is 0.280. The second kappa shape index (κ2) is 5.75. The molecule has 1 rings (SSSR count). The van der Waals surface area contributed by atoms with Crippen LogP contribution in [0.15, 0.2) is 0 Å². The van der Waals surface area contributed by atoms with E-state index in [1.807, 2.05) is 13.8 Å². The van der Waals surface area contributed by atoms with E-state index in [2.05, 4.69) is 0 Å². The van der Waals surface area contributed by atoms with Gasteiger partial charge in [-0.1, -0.05) is 0 Å². The molecule has 9 heteroatoms. The highest BCUT2D eigenvalue weighted by atomic mass is 32.5. The van der Waals surface area contributed by atoms with E-state index in [0.29, 0.717) is 13.2 Å². The second-order valence-electron chi connectivity index (χ2n) is 3.36. The van der Waals surface area contributed by atoms with E-state index in [0.717, 1.165) is 16.4 Å². The van der Waals surface area contributed by atoms with Crippen molar-refractivity contribution in [3.05, 3.63) is 0 Å². The van der Waals surface area contributed by atoms with Gasteiger partial charge in [0.1, 0.15) is 0 Å². The molecule has 0 aromatic rings. The standard InChI is InChI=1S/C7H14FN2O3PS2/c1-6(2)10(16-9(3)7(8)11)14(15)12-4-5-13-14/h6H,4-5H2,1-3H3. The number of carbonyl (C=O) groups excluding carboxylic acids is 1. The average Bonchev–Trinajstić information content (AvgIpc) is 2.61. The summed E-state index contributed by atoms with van der Waals surface area (Å²) < 4.78 is 25.7. The molecular weight excluding hydrogens is 274 g/mol. The van der Waals surface area contributed by atoms with E-state index in [1.165, 1.54) is 7.05 Å². The molecule has 94 valence electrons. The Kier molecular flexibility index (Phi) is 5.15. The Morgan fingerprint density at radius 3 is 2.38 bits per heavy atom. The van der Waals surface area contributed by atoms with Crippen LogP contribution < -0.4 is 0 Å². The first-order chi connectivity index (χ1) is 7.37. The van der Waals surface area contributed by atoms with Crippen LogP contribution in [0.4, 0.5) is 9.18 Å². The Labute approximate surface area is 104 Å². The quantitative estimate of drug-likeness (QED) is 0.343. The number of nitrogens with zero attached hydrogens (tertiary/aromatic N) is 2. The molecule has 0 aromatic heterocycles. The fourth-order valence-corrected chi connectivity index (χ4v) is 5.27. The molecule has 0 aliphatic carbocycles. The molecule has 1 aliphatic rings. The Morgan fingerprint density at radius 2 is 2.00 bits per heavy atom. The van der Waals surface area contributed by atoms with Gasteiger partial charge in [-0.3, -0.25) is 0 Å². The summed E-state index contributed by atoms with van der Waals surface area (Å²) in [5.41, 5.74) is 0. The predicted octanol–water partition coefficient (Wildman–Crippen LogP) is 2.55. The van der Waals surface area contributed by atoms with Gasteiger partial charge in [0.2, 0.25) is 0 Å². The lowest BCUT2D eigenvalue weighted by molar-refractivity contribution is 0.208. The van der Waals surface area contributed by atoms with Gasteiger partial charge in [-0.25, -0.2) is 9.10 Å². The molecule has 16 heavy (non-hydrogen) atoms. The fourth-order valence-electron chi connectivity index (χ4n) is 1.04. The monoisotopic (exact) mass is 288 g/mol. The van der Waals surface area contributed by atoms with Crippen LogP contribution in [0.5, 0.6) is 0 Å². The smallest absolute Gasteiger partial charge is 0.315 e. The van der Waals surface area contributed by atoms with Crippen molar-refractivity contribution in [3.63, 3.8) is 0 Å². The summed E-state index contributed by atoms with van der Waals surface area (Å²) in [7, 11) is 1.33. The van der Waals surface area contributed by atoms with E-state index < -0.39 is 12.8 Å². The van der Waals surface area contributed by atoms with Gasteiger partial charge in [-0.2, -0.15) is 4.08 Å². The molecule has 0 radical (unpaired) electrons. The number of hydrogen-bond donors (Lipinski definition) is 0. The van der Waals surface area contributed by atoms with E-state index in [4.69, 9.17) is 20.9 Å². The van der Waals surface area contributed by atoms with Crippen molar-refractivity contribution in [2.45, 2.75) is 19.9 Å². The maximum Gasteiger partial charge on any atom is 0.410 e. The lowest BCUT2D eigenvalue weighted by atomic mass is 10.4. The lowest BCUT2D eigenvalue weighted by Crippen LogP contribution is -2.27. The van der Waals surface area contributed by atoms with Crippen LogP contribution in [-0.4, -0.2) is 40.8 Å². The maximum absolute atomic E-state index is 12.5. The molecule has 0 saturated carbocycles. The molecule has 1 saturated heterocycles. The predicted molar refractivity (Wildman–Crippen MR) is 65.0 cm³/mol. The molecule has 0 spiro atoms. The third-order valence-corrected chi connectivity index (χ3v) is 7.00. The zero-order chi connectivity index (χ0) is 12.3. The number of carbonyl (C=O) groups is 1. The molecule has 0 N–H and O–H groups in total. The SMILES string of the molecule is CC(C)N(SN(C)C(=O)F)P1(=S)OCCO1. The van der Waals surface area contributed by atoms with Gasteiger partial charge in [-0.05, 0) is 25.7 Å². The van der Waals surface area contributed by atoms with Gasteiger partial charge in [0.05, 0.1) is 25.3 Å². The van der Waals surface area contributed by atoms with E-state index in [1.54, 1.807) is 4.08 Å². The normalized spacial score (nSPS) is 19.4. The van der Waals surface area contributed by atoms with Gasteiger partial charge in [0.25, 0.3) is 6.64 Å². The first kappa shape index (κ1) is 14.3. The number of amides is 1. The molecule has 0 aromatic carbocycles. The summed E-state index contributed by atoms with van der Waals surface area (Å²) in [5, 5.41) is 0. The molecule has 0 unspecified atom stereocenters. The van der Waals surface area contributed by atoms with E-state index in [9.17, 15) is 9.18 Å². The average molecular weight is 288 g/mol. The summed E-state index contributed by atoms with van der Waals surface area (Å²) in [6, 6.07) is -0.0178. The summed E-state index contributed by atoms with van der Waals surface area (Å²) in [5.74, 6) is 0. The third kappa shape index (κ3) is 3.38. The van der Waals surface area contributed by atoms with E-state index in [-0.39, 0.29) is 6.04 Å². The Balaban J connectivity index is 2.75. The molecular formula is C7H14FN2O3PS2. The van der Waals surface area contributed by atoms with Crippen LogP contribution in [0.1, 0.15) is 13.8 Å². The van der Waals surface area contributed by atoms with Gasteiger partial charge < -0.3 is 9.05 Å². The van der Waals surface area contributed by atoms with Crippen molar-refractivity contribution in [3.8, 4) is 0 Å². The van der Waals surface area contributed by atoms with Crippen LogP contribution in [0, 0.1) is 0 Å². The van der Waals surface area contributed by atoms with Crippen LogP contribution in [0.2, 0.25) is 0 Å². The minimum absolute atomic E-state index is 0.0178. The lowest BCUT2D eigenvalue weighted by Gasteiger charge is -2.32. The van der Waals surface area contributed by atoms with Crippen LogP contribution in [0.25, 0.3) is 0 Å². The topological polar surface area (TPSA) is 42.0 Å². The van der Waals surface area contributed by atoms with Crippen molar-refractivity contribution < 1.29 is 18.2 Å². The largest absolute Gasteiger partial charge is 0.410 e. The minimum Gasteiger partial charge on any atom is -0.315 e. The molecule has 0 bridgehead atoms. The minimum atomic E-state index is -2.56. The Bertz CT molecular complexity index is 308. The molecule has 0 atom stereocenters. The molecule has 1 heterocycles. The highest BCUT2D eigenvalue weighted by Crippen LogP contribution is 2.60. The van der Waals surface area contributed by atoms with Gasteiger partial charge in [0.15, 0.2) is 0 Å². The summed E-state index contributed by atoms with van der Waals surface area (Å²) in [4.78, 5) is 10.5. The van der Waals surface area contributed by atoms with Crippen molar-refractivity contribution in [1.82, 2.24) is 8.38 Å². The van der Waals surface area contributed by atoms with E-state index >= 15 is 0 Å². The molecule has 1 amide bonds. The highest BCUT2D eigenvalue weighted by molar-refractivity contribution is 8.15. The third-order valence-electron chi connectivity index (χ3n) is 1.73. The summed E-state index contributed by atoms with van der Waals surface area (Å²) >= 11 is 6.18. The second-order valence-corrected chi connectivity index (χ2v) is 8.01. The molecule has 1 fully saturated rings. The highest BCUT2D eigenvalue weighted by Gasteiger charge is 2.37. The van der Waals surface area contributed by atoms with Crippen molar-refractivity contribution >= 4 is 36.7 Å². The first-order valence-electron chi connectivity index (χ1n) is 4.67. The fraction of sp³-hybridized carbons (Fsp3) is 0.857. The number of rotatable bonds is 4. The van der Waals surface area contributed by atoms with Crippen molar-refractivity contribution in [2.75, 3.05) is 20.3 Å².